The van der Waals surface area contributed by atoms with E-state index in [9.17, 15) is 4.79 Å². The number of thioether (sulfide) groups is 1. The first-order valence-electron chi connectivity index (χ1n) is 6.71. The van der Waals surface area contributed by atoms with Gasteiger partial charge in [-0.25, -0.2) is 4.98 Å². The van der Waals surface area contributed by atoms with Crippen LogP contribution in [0.5, 0.6) is 0 Å². The first kappa shape index (κ1) is 15.3. The lowest BCUT2D eigenvalue weighted by molar-refractivity contribution is 0.668. The molecule has 0 radical (unpaired) electrons. The quantitative estimate of drug-likeness (QED) is 0.643. The average Bonchev–Trinajstić information content (AvgIpc) is 2.48. The Balaban J connectivity index is 2.23. The molecule has 0 amide bonds. The molecule has 1 aromatic carbocycles. The summed E-state index contributed by atoms with van der Waals surface area (Å²) in [6.45, 7) is 4.04. The van der Waals surface area contributed by atoms with Gasteiger partial charge in [-0.1, -0.05) is 37.7 Å². The van der Waals surface area contributed by atoms with Gasteiger partial charge >= 0.3 is 0 Å². The van der Waals surface area contributed by atoms with Crippen LogP contribution in [-0.2, 0) is 12.8 Å². The predicted molar refractivity (Wildman–Crippen MR) is 84.3 cm³/mol. The van der Waals surface area contributed by atoms with Crippen LogP contribution in [0.15, 0.2) is 40.3 Å². The van der Waals surface area contributed by atoms with Gasteiger partial charge in [-0.3, -0.25) is 9.36 Å². The van der Waals surface area contributed by atoms with Crippen molar-refractivity contribution in [3.63, 3.8) is 0 Å². The van der Waals surface area contributed by atoms with E-state index in [1.54, 1.807) is 23.7 Å². The summed E-state index contributed by atoms with van der Waals surface area (Å²) in [5, 5.41) is 9.61. The minimum absolute atomic E-state index is 0.0398. The highest BCUT2D eigenvalue weighted by Crippen LogP contribution is 2.21. The summed E-state index contributed by atoms with van der Waals surface area (Å²) in [5.74, 6) is 0.900. The van der Waals surface area contributed by atoms with Crippen LogP contribution in [0.4, 0.5) is 0 Å². The molecule has 0 aliphatic heterocycles. The highest BCUT2D eigenvalue weighted by atomic mass is 32.2. The van der Waals surface area contributed by atoms with Gasteiger partial charge in [-0.2, -0.15) is 5.26 Å². The number of aromatic nitrogens is 2. The van der Waals surface area contributed by atoms with Crippen molar-refractivity contribution < 1.29 is 0 Å². The average molecular weight is 299 g/mol. The summed E-state index contributed by atoms with van der Waals surface area (Å²) >= 11 is 1.51. The summed E-state index contributed by atoms with van der Waals surface area (Å²) in [4.78, 5) is 16.5. The highest BCUT2D eigenvalue weighted by Gasteiger charge is 2.09. The Bertz CT molecular complexity index is 744. The van der Waals surface area contributed by atoms with E-state index in [0.717, 1.165) is 11.3 Å². The lowest BCUT2D eigenvalue weighted by Gasteiger charge is -2.11. The van der Waals surface area contributed by atoms with Crippen LogP contribution >= 0.6 is 11.8 Å². The number of hydrogen-bond acceptors (Lipinski definition) is 4. The first-order chi connectivity index (χ1) is 10.0. The summed E-state index contributed by atoms with van der Waals surface area (Å²) in [6, 6.07) is 11.2. The molecule has 0 atom stereocenters. The van der Waals surface area contributed by atoms with Crippen LogP contribution in [0.2, 0.25) is 0 Å². The van der Waals surface area contributed by atoms with E-state index in [1.165, 1.54) is 11.8 Å². The minimum Gasteiger partial charge on any atom is -0.291 e. The van der Waals surface area contributed by atoms with Crippen molar-refractivity contribution in [1.29, 1.82) is 5.26 Å². The van der Waals surface area contributed by atoms with Crippen LogP contribution in [0.1, 0.15) is 36.6 Å². The fourth-order valence-corrected chi connectivity index (χ4v) is 2.77. The Morgan fingerprint density at radius 3 is 2.81 bits per heavy atom. The van der Waals surface area contributed by atoms with E-state index in [1.807, 2.05) is 32.0 Å². The smallest absolute Gasteiger partial charge is 0.254 e. The molecular formula is C16H17N3OS. The van der Waals surface area contributed by atoms with Crippen LogP contribution in [-0.4, -0.2) is 9.55 Å². The van der Waals surface area contributed by atoms with E-state index in [-0.39, 0.29) is 11.5 Å². The predicted octanol–water partition coefficient (Wildman–Crippen LogP) is 3.07. The number of hydrogen-bond donors (Lipinski definition) is 0. The summed E-state index contributed by atoms with van der Waals surface area (Å²) < 4.78 is 1.56. The molecule has 4 nitrogen and oxygen atoms in total. The van der Waals surface area contributed by atoms with Crippen molar-refractivity contribution in [3.05, 3.63) is 57.5 Å². The molecule has 2 aromatic rings. The molecule has 0 saturated carbocycles. The monoisotopic (exact) mass is 299 g/mol. The Labute approximate surface area is 128 Å². The van der Waals surface area contributed by atoms with Crippen molar-refractivity contribution >= 4 is 11.8 Å². The van der Waals surface area contributed by atoms with Gasteiger partial charge in [0.05, 0.1) is 17.3 Å². The van der Waals surface area contributed by atoms with Crippen molar-refractivity contribution in [3.8, 4) is 6.07 Å². The molecule has 1 aromatic heterocycles. The molecule has 0 aliphatic rings. The maximum atomic E-state index is 11.9. The molecule has 0 bridgehead atoms. The third-order valence-corrected chi connectivity index (χ3v) is 4.23. The SMILES string of the molecule is CC(C)c1cc(=O)n(C)c(SCc2cccc(C#N)c2)n1. The second-order valence-electron chi connectivity index (χ2n) is 5.12. The van der Waals surface area contributed by atoms with Crippen LogP contribution in [0.3, 0.4) is 0 Å². The van der Waals surface area contributed by atoms with E-state index in [4.69, 9.17) is 5.26 Å². The Morgan fingerprint density at radius 2 is 2.14 bits per heavy atom. The van der Waals surface area contributed by atoms with Gasteiger partial charge in [0.15, 0.2) is 5.16 Å². The second kappa shape index (κ2) is 6.59. The lowest BCUT2D eigenvalue weighted by Crippen LogP contribution is -2.20. The van der Waals surface area contributed by atoms with Gasteiger partial charge in [0, 0.05) is 18.9 Å². The summed E-state index contributed by atoms with van der Waals surface area (Å²) in [7, 11) is 1.73. The second-order valence-corrected chi connectivity index (χ2v) is 6.06. The fourth-order valence-electron chi connectivity index (χ4n) is 1.84. The van der Waals surface area contributed by atoms with Crippen LogP contribution in [0, 0.1) is 11.3 Å². The standard InChI is InChI=1S/C16H17N3OS/c1-11(2)14-8-15(20)19(3)16(18-14)21-10-13-6-4-5-12(7-13)9-17/h4-8,11H,10H2,1-3H3. The maximum absolute atomic E-state index is 11.9. The minimum atomic E-state index is -0.0398. The van der Waals surface area contributed by atoms with E-state index in [0.29, 0.717) is 16.5 Å². The zero-order valence-electron chi connectivity index (χ0n) is 12.3. The molecule has 5 heteroatoms. The first-order valence-corrected chi connectivity index (χ1v) is 7.69. The van der Waals surface area contributed by atoms with E-state index < -0.39 is 0 Å². The molecule has 0 saturated heterocycles. The van der Waals surface area contributed by atoms with E-state index in [2.05, 4.69) is 11.1 Å². The van der Waals surface area contributed by atoms with Gasteiger partial charge in [0.1, 0.15) is 0 Å². The highest BCUT2D eigenvalue weighted by molar-refractivity contribution is 7.98. The van der Waals surface area contributed by atoms with Gasteiger partial charge in [0.25, 0.3) is 5.56 Å². The number of nitriles is 1. The molecule has 21 heavy (non-hydrogen) atoms. The molecule has 0 fully saturated rings. The molecule has 1 heterocycles. The van der Waals surface area contributed by atoms with Gasteiger partial charge in [-0.05, 0) is 23.6 Å². The molecule has 0 spiro atoms. The zero-order valence-corrected chi connectivity index (χ0v) is 13.1. The molecule has 0 N–H and O–H groups in total. The maximum Gasteiger partial charge on any atom is 0.254 e. The number of benzene rings is 1. The molecule has 108 valence electrons. The van der Waals surface area contributed by atoms with Gasteiger partial charge in [-0.15, -0.1) is 0 Å². The molecule has 2 rings (SSSR count). The Kier molecular flexibility index (Phi) is 4.81. The topological polar surface area (TPSA) is 58.7 Å². The Morgan fingerprint density at radius 1 is 1.38 bits per heavy atom. The lowest BCUT2D eigenvalue weighted by atomic mass is 10.1. The molecular weight excluding hydrogens is 282 g/mol. The van der Waals surface area contributed by atoms with Crippen molar-refractivity contribution in [2.45, 2.75) is 30.7 Å². The third kappa shape index (κ3) is 3.73. The summed E-state index contributed by atoms with van der Waals surface area (Å²) in [5.41, 5.74) is 2.46. The van der Waals surface area contributed by atoms with Crippen LogP contribution in [0.25, 0.3) is 0 Å². The van der Waals surface area contributed by atoms with Gasteiger partial charge < -0.3 is 0 Å². The van der Waals surface area contributed by atoms with Crippen molar-refractivity contribution in [2.24, 2.45) is 7.05 Å². The molecule has 0 unspecified atom stereocenters. The molecule has 0 aliphatic carbocycles. The fraction of sp³-hybridized carbons (Fsp3) is 0.312. The number of rotatable bonds is 4. The summed E-state index contributed by atoms with van der Waals surface area (Å²) in [6.07, 6.45) is 0. The zero-order chi connectivity index (χ0) is 15.4. The third-order valence-electron chi connectivity index (χ3n) is 3.13. The normalized spacial score (nSPS) is 10.6. The van der Waals surface area contributed by atoms with E-state index >= 15 is 0 Å². The van der Waals surface area contributed by atoms with Crippen molar-refractivity contribution in [2.75, 3.05) is 0 Å². The van der Waals surface area contributed by atoms with Crippen molar-refractivity contribution in [1.82, 2.24) is 9.55 Å². The Hall–Kier alpha value is -2.06. The van der Waals surface area contributed by atoms with Crippen LogP contribution < -0.4 is 5.56 Å². The van der Waals surface area contributed by atoms with Gasteiger partial charge in [0.2, 0.25) is 0 Å². The number of nitrogens with zero attached hydrogens (tertiary/aromatic N) is 3. The largest absolute Gasteiger partial charge is 0.291 e.